The van der Waals surface area contributed by atoms with Crippen molar-refractivity contribution in [3.05, 3.63) is 77.1 Å². The molecule has 0 saturated carbocycles. The molecule has 0 aliphatic heterocycles. The molecule has 1 aromatic heterocycles. The van der Waals surface area contributed by atoms with Gasteiger partial charge < -0.3 is 10.1 Å². The van der Waals surface area contributed by atoms with Crippen LogP contribution in [0.15, 0.2) is 60.7 Å². The average Bonchev–Trinajstić information content (AvgIpc) is 2.55. The fourth-order valence-electron chi connectivity index (χ4n) is 2.38. The Hall–Kier alpha value is -2.81. The summed E-state index contributed by atoms with van der Waals surface area (Å²) in [6, 6.07) is 19.6. The van der Waals surface area contributed by atoms with Gasteiger partial charge in [0.15, 0.2) is 0 Å². The molecule has 0 unspecified atom stereocenters. The molecule has 3 heteroatoms. The summed E-state index contributed by atoms with van der Waals surface area (Å²) in [5.74, 6) is 0. The van der Waals surface area contributed by atoms with Gasteiger partial charge in [-0.3, -0.25) is 0 Å². The first-order valence-electron chi connectivity index (χ1n) is 7.22. The standard InChI is InChI=1S/C19H18N2O/c1-20(2)17-11-7-15(8-12-17)9-13-18-14-10-16-5-3-4-6-19(16)21(18)22/h3-14H,1-2H3/b13-9+. The highest BCUT2D eigenvalue weighted by Crippen LogP contribution is 2.15. The van der Waals surface area contributed by atoms with Crippen LogP contribution < -0.4 is 9.63 Å². The molecule has 0 N–H and O–H groups in total. The lowest BCUT2D eigenvalue weighted by Crippen LogP contribution is -2.30. The van der Waals surface area contributed by atoms with Crippen molar-refractivity contribution in [1.29, 1.82) is 0 Å². The molecule has 0 atom stereocenters. The van der Waals surface area contributed by atoms with Gasteiger partial charge in [0.2, 0.25) is 11.2 Å². The number of fused-ring (bicyclic) bond motifs is 1. The number of nitrogens with zero attached hydrogens (tertiary/aromatic N) is 2. The minimum Gasteiger partial charge on any atom is -0.618 e. The summed E-state index contributed by atoms with van der Waals surface area (Å²) in [6.45, 7) is 0. The van der Waals surface area contributed by atoms with E-state index in [4.69, 9.17) is 0 Å². The molecule has 3 rings (SSSR count). The van der Waals surface area contributed by atoms with Crippen LogP contribution in [0, 0.1) is 5.21 Å². The molecule has 1 heterocycles. The van der Waals surface area contributed by atoms with Crippen LogP contribution in [0.5, 0.6) is 0 Å². The van der Waals surface area contributed by atoms with Crippen LogP contribution in [-0.4, -0.2) is 14.1 Å². The highest BCUT2D eigenvalue weighted by Gasteiger charge is 2.06. The van der Waals surface area contributed by atoms with Gasteiger partial charge in [-0.05, 0) is 35.9 Å². The van der Waals surface area contributed by atoms with Crippen molar-refractivity contribution in [1.82, 2.24) is 0 Å². The molecule has 3 aromatic rings. The van der Waals surface area contributed by atoms with Crippen molar-refractivity contribution >= 4 is 28.7 Å². The lowest BCUT2D eigenvalue weighted by Gasteiger charge is -2.11. The molecular weight excluding hydrogens is 272 g/mol. The highest BCUT2D eigenvalue weighted by atomic mass is 16.5. The molecule has 0 fully saturated rings. The van der Waals surface area contributed by atoms with Gasteiger partial charge in [-0.1, -0.05) is 24.3 Å². The predicted molar refractivity (Wildman–Crippen MR) is 92.6 cm³/mol. The van der Waals surface area contributed by atoms with E-state index in [-0.39, 0.29) is 0 Å². The monoisotopic (exact) mass is 290 g/mol. The van der Waals surface area contributed by atoms with Crippen molar-refractivity contribution in [2.75, 3.05) is 19.0 Å². The smallest absolute Gasteiger partial charge is 0.224 e. The van der Waals surface area contributed by atoms with Gasteiger partial charge in [0.05, 0.1) is 0 Å². The molecule has 3 nitrogen and oxygen atoms in total. The van der Waals surface area contributed by atoms with Crippen LogP contribution in [0.4, 0.5) is 5.69 Å². The van der Waals surface area contributed by atoms with Crippen molar-refractivity contribution in [3.8, 4) is 0 Å². The number of rotatable bonds is 3. The summed E-state index contributed by atoms with van der Waals surface area (Å²) >= 11 is 0. The third-order valence-electron chi connectivity index (χ3n) is 3.68. The summed E-state index contributed by atoms with van der Waals surface area (Å²) in [4.78, 5) is 2.06. The van der Waals surface area contributed by atoms with Crippen LogP contribution in [0.1, 0.15) is 11.3 Å². The van der Waals surface area contributed by atoms with Gasteiger partial charge in [-0.25, -0.2) is 0 Å². The minimum absolute atomic E-state index is 0.635. The summed E-state index contributed by atoms with van der Waals surface area (Å²) in [5.41, 5.74) is 3.54. The van der Waals surface area contributed by atoms with Gasteiger partial charge >= 0.3 is 0 Å². The number of hydrogen-bond donors (Lipinski definition) is 0. The molecule has 0 bridgehead atoms. The maximum Gasteiger partial charge on any atom is 0.224 e. The third-order valence-corrected chi connectivity index (χ3v) is 3.68. The van der Waals surface area contributed by atoms with E-state index >= 15 is 0 Å². The Kier molecular flexibility index (Phi) is 3.79. The Labute approximate surface area is 130 Å². The molecule has 0 radical (unpaired) electrons. The average molecular weight is 290 g/mol. The highest BCUT2D eigenvalue weighted by molar-refractivity contribution is 5.77. The fraction of sp³-hybridized carbons (Fsp3) is 0.105. The Balaban J connectivity index is 1.90. The Bertz CT molecular complexity index is 820. The van der Waals surface area contributed by atoms with Crippen LogP contribution in [0.3, 0.4) is 0 Å². The number of pyridine rings is 1. The van der Waals surface area contributed by atoms with Gasteiger partial charge in [0.1, 0.15) is 0 Å². The second kappa shape index (κ2) is 5.90. The SMILES string of the molecule is CN(C)c1ccc(/C=C/c2ccc3ccccc3[n+]2[O-])cc1. The van der Waals surface area contributed by atoms with Gasteiger partial charge in [-0.15, -0.1) is 0 Å². The Morgan fingerprint density at radius 1 is 0.864 bits per heavy atom. The number of aromatic nitrogens is 1. The summed E-state index contributed by atoms with van der Waals surface area (Å²) in [6.07, 6.45) is 3.81. The van der Waals surface area contributed by atoms with E-state index in [0.717, 1.165) is 21.4 Å². The lowest BCUT2D eigenvalue weighted by molar-refractivity contribution is -0.579. The molecule has 0 aliphatic rings. The zero-order chi connectivity index (χ0) is 15.5. The van der Waals surface area contributed by atoms with Crippen molar-refractivity contribution in [3.63, 3.8) is 0 Å². The molecule has 0 spiro atoms. The molecule has 0 aliphatic carbocycles. The van der Waals surface area contributed by atoms with Crippen LogP contribution in [0.2, 0.25) is 0 Å². The summed E-state index contributed by atoms with van der Waals surface area (Å²) in [7, 11) is 4.03. The normalized spacial score (nSPS) is 11.2. The van der Waals surface area contributed by atoms with Crippen LogP contribution in [0.25, 0.3) is 23.1 Å². The van der Waals surface area contributed by atoms with Crippen LogP contribution >= 0.6 is 0 Å². The lowest BCUT2D eigenvalue weighted by atomic mass is 10.1. The second-order valence-corrected chi connectivity index (χ2v) is 5.43. The number of anilines is 1. The molecule has 2 aromatic carbocycles. The van der Waals surface area contributed by atoms with Crippen molar-refractivity contribution in [2.45, 2.75) is 0 Å². The fourth-order valence-corrected chi connectivity index (χ4v) is 2.38. The van der Waals surface area contributed by atoms with E-state index in [1.165, 1.54) is 0 Å². The topological polar surface area (TPSA) is 30.2 Å². The maximum atomic E-state index is 12.4. The summed E-state index contributed by atoms with van der Waals surface area (Å²) in [5, 5.41) is 13.3. The van der Waals surface area contributed by atoms with E-state index in [1.54, 1.807) is 0 Å². The molecular formula is C19H18N2O. The number of hydrogen-bond acceptors (Lipinski definition) is 2. The van der Waals surface area contributed by atoms with E-state index < -0.39 is 0 Å². The third kappa shape index (κ3) is 2.79. The quantitative estimate of drug-likeness (QED) is 0.544. The maximum absolute atomic E-state index is 12.4. The van der Waals surface area contributed by atoms with E-state index in [1.807, 2.05) is 74.8 Å². The number of para-hydroxylation sites is 1. The molecule has 0 amide bonds. The molecule has 22 heavy (non-hydrogen) atoms. The predicted octanol–water partition coefficient (Wildman–Crippen LogP) is 3.71. The van der Waals surface area contributed by atoms with Crippen LogP contribution in [-0.2, 0) is 0 Å². The first kappa shape index (κ1) is 14.1. The van der Waals surface area contributed by atoms with E-state index in [0.29, 0.717) is 11.2 Å². The first-order valence-corrected chi connectivity index (χ1v) is 7.22. The number of benzene rings is 2. The van der Waals surface area contributed by atoms with E-state index in [2.05, 4.69) is 17.0 Å². The van der Waals surface area contributed by atoms with Gasteiger partial charge in [-0.2, -0.15) is 4.73 Å². The largest absolute Gasteiger partial charge is 0.618 e. The van der Waals surface area contributed by atoms with Gasteiger partial charge in [0.25, 0.3) is 0 Å². The Morgan fingerprint density at radius 2 is 1.59 bits per heavy atom. The Morgan fingerprint density at radius 3 is 2.32 bits per heavy atom. The molecule has 0 saturated heterocycles. The zero-order valence-corrected chi connectivity index (χ0v) is 12.7. The molecule has 110 valence electrons. The zero-order valence-electron chi connectivity index (χ0n) is 12.7. The minimum atomic E-state index is 0.635. The first-order chi connectivity index (χ1) is 10.6. The summed E-state index contributed by atoms with van der Waals surface area (Å²) < 4.78 is 0.972. The van der Waals surface area contributed by atoms with E-state index in [9.17, 15) is 5.21 Å². The van der Waals surface area contributed by atoms with Gasteiger partial charge in [0, 0.05) is 43.4 Å². The van der Waals surface area contributed by atoms with Crippen molar-refractivity contribution in [2.24, 2.45) is 0 Å². The second-order valence-electron chi connectivity index (χ2n) is 5.43. The van der Waals surface area contributed by atoms with Crippen molar-refractivity contribution < 1.29 is 4.73 Å².